The van der Waals surface area contributed by atoms with Crippen LogP contribution in [0.15, 0.2) is 48.5 Å². The van der Waals surface area contributed by atoms with Crippen LogP contribution in [-0.4, -0.2) is 26.7 Å². The molecular formula is C19H23ClN2O. The van der Waals surface area contributed by atoms with Gasteiger partial charge in [0.25, 0.3) is 0 Å². The topological polar surface area (TPSA) is 24.5 Å². The fourth-order valence-corrected chi connectivity index (χ4v) is 3.30. The lowest BCUT2D eigenvalue weighted by Crippen LogP contribution is -2.26. The van der Waals surface area contributed by atoms with Crippen molar-refractivity contribution in [2.24, 2.45) is 5.92 Å². The van der Waals surface area contributed by atoms with Gasteiger partial charge >= 0.3 is 0 Å². The Bertz CT molecular complexity index is 647. The molecule has 0 aliphatic carbocycles. The number of rotatable bonds is 6. The largest absolute Gasteiger partial charge is 0.497 e. The maximum atomic E-state index is 6.19. The number of nitrogens with one attached hydrogen (secondary N) is 1. The van der Waals surface area contributed by atoms with E-state index in [-0.39, 0.29) is 0 Å². The average Bonchev–Trinajstić information content (AvgIpc) is 3.06. The fourth-order valence-electron chi connectivity index (χ4n) is 3.09. The Balaban J connectivity index is 1.49. The summed E-state index contributed by atoms with van der Waals surface area (Å²) in [5, 5.41) is 4.38. The SMILES string of the molecule is COc1cccc(N2CCC(CNCc3ccccc3Cl)C2)c1. The second-order valence-electron chi connectivity index (χ2n) is 6.02. The molecule has 0 aromatic heterocycles. The van der Waals surface area contributed by atoms with Crippen LogP contribution < -0.4 is 15.0 Å². The van der Waals surface area contributed by atoms with Gasteiger partial charge in [-0.1, -0.05) is 35.9 Å². The molecule has 1 atom stereocenters. The van der Waals surface area contributed by atoms with Gasteiger partial charge in [-0.2, -0.15) is 0 Å². The second-order valence-corrected chi connectivity index (χ2v) is 6.43. The van der Waals surface area contributed by atoms with Crippen LogP contribution in [0, 0.1) is 5.92 Å². The minimum atomic E-state index is 0.670. The number of anilines is 1. The lowest BCUT2D eigenvalue weighted by atomic mass is 10.1. The summed E-state index contributed by atoms with van der Waals surface area (Å²) in [4.78, 5) is 2.43. The van der Waals surface area contributed by atoms with Gasteiger partial charge in [-0.15, -0.1) is 0 Å². The highest BCUT2D eigenvalue weighted by atomic mass is 35.5. The Labute approximate surface area is 143 Å². The molecule has 1 aliphatic heterocycles. The van der Waals surface area contributed by atoms with E-state index in [1.54, 1.807) is 7.11 Å². The molecule has 3 rings (SSSR count). The Morgan fingerprint density at radius 2 is 2.09 bits per heavy atom. The molecule has 1 aliphatic rings. The van der Waals surface area contributed by atoms with Crippen LogP contribution >= 0.6 is 11.6 Å². The highest BCUT2D eigenvalue weighted by molar-refractivity contribution is 6.31. The maximum Gasteiger partial charge on any atom is 0.120 e. The van der Waals surface area contributed by atoms with Gasteiger partial charge in [0, 0.05) is 43.0 Å². The minimum Gasteiger partial charge on any atom is -0.497 e. The zero-order chi connectivity index (χ0) is 16.1. The predicted octanol–water partition coefficient (Wildman–Crippen LogP) is 3.96. The van der Waals surface area contributed by atoms with E-state index in [9.17, 15) is 0 Å². The number of ether oxygens (including phenoxy) is 1. The van der Waals surface area contributed by atoms with Crippen molar-refractivity contribution < 1.29 is 4.74 Å². The molecule has 2 aromatic carbocycles. The minimum absolute atomic E-state index is 0.670. The van der Waals surface area contributed by atoms with E-state index in [4.69, 9.17) is 16.3 Å². The van der Waals surface area contributed by atoms with E-state index in [2.05, 4.69) is 34.5 Å². The molecule has 23 heavy (non-hydrogen) atoms. The van der Waals surface area contributed by atoms with Crippen LogP contribution in [0.2, 0.25) is 5.02 Å². The van der Waals surface area contributed by atoms with Crippen molar-refractivity contribution in [1.82, 2.24) is 5.32 Å². The van der Waals surface area contributed by atoms with Gasteiger partial charge in [-0.25, -0.2) is 0 Å². The standard InChI is InChI=1S/C19H23ClN2O/c1-23-18-7-4-6-17(11-18)22-10-9-15(14-22)12-21-13-16-5-2-3-8-19(16)20/h2-8,11,15,21H,9-10,12-14H2,1H3. The number of halogens is 1. The molecule has 1 heterocycles. The summed E-state index contributed by atoms with van der Waals surface area (Å²) in [5.74, 6) is 1.59. The van der Waals surface area contributed by atoms with Crippen molar-refractivity contribution in [3.05, 3.63) is 59.1 Å². The normalized spacial score (nSPS) is 17.5. The second kappa shape index (κ2) is 7.71. The average molecular weight is 331 g/mol. The van der Waals surface area contributed by atoms with Crippen molar-refractivity contribution in [2.75, 3.05) is 31.6 Å². The van der Waals surface area contributed by atoms with Gasteiger partial charge in [-0.05, 0) is 36.1 Å². The highest BCUT2D eigenvalue weighted by Crippen LogP contribution is 2.26. The highest BCUT2D eigenvalue weighted by Gasteiger charge is 2.22. The first-order valence-electron chi connectivity index (χ1n) is 8.09. The zero-order valence-corrected chi connectivity index (χ0v) is 14.2. The monoisotopic (exact) mass is 330 g/mol. The molecule has 0 spiro atoms. The Morgan fingerprint density at radius 1 is 1.22 bits per heavy atom. The summed E-state index contributed by atoms with van der Waals surface area (Å²) in [5.41, 5.74) is 2.41. The molecule has 1 unspecified atom stereocenters. The van der Waals surface area contributed by atoms with E-state index in [1.807, 2.05) is 24.3 Å². The molecule has 0 amide bonds. The van der Waals surface area contributed by atoms with Crippen molar-refractivity contribution in [3.8, 4) is 5.75 Å². The summed E-state index contributed by atoms with van der Waals surface area (Å²) in [6.45, 7) is 4.04. The van der Waals surface area contributed by atoms with E-state index in [0.717, 1.165) is 42.5 Å². The summed E-state index contributed by atoms with van der Waals surface area (Å²) >= 11 is 6.19. The number of benzene rings is 2. The lowest BCUT2D eigenvalue weighted by molar-refractivity contribution is 0.415. The van der Waals surface area contributed by atoms with E-state index >= 15 is 0 Å². The molecule has 0 bridgehead atoms. The first kappa shape index (κ1) is 16.2. The number of hydrogen-bond acceptors (Lipinski definition) is 3. The Kier molecular flexibility index (Phi) is 5.42. The molecule has 1 saturated heterocycles. The van der Waals surface area contributed by atoms with Crippen molar-refractivity contribution in [1.29, 1.82) is 0 Å². The molecule has 3 nitrogen and oxygen atoms in total. The molecule has 0 saturated carbocycles. The Morgan fingerprint density at radius 3 is 2.91 bits per heavy atom. The van der Waals surface area contributed by atoms with E-state index < -0.39 is 0 Å². The van der Waals surface area contributed by atoms with Gasteiger partial charge < -0.3 is 15.0 Å². The Hall–Kier alpha value is -1.71. The third kappa shape index (κ3) is 4.18. The van der Waals surface area contributed by atoms with Crippen molar-refractivity contribution in [3.63, 3.8) is 0 Å². The van der Waals surface area contributed by atoms with Gasteiger partial charge in [-0.3, -0.25) is 0 Å². The molecule has 4 heteroatoms. The summed E-state index contributed by atoms with van der Waals surface area (Å²) in [6, 6.07) is 16.3. The first-order chi connectivity index (χ1) is 11.3. The van der Waals surface area contributed by atoms with Crippen LogP contribution in [0.25, 0.3) is 0 Å². The quantitative estimate of drug-likeness (QED) is 0.867. The van der Waals surface area contributed by atoms with Crippen LogP contribution in [0.5, 0.6) is 5.75 Å². The van der Waals surface area contributed by atoms with Crippen molar-refractivity contribution in [2.45, 2.75) is 13.0 Å². The van der Waals surface area contributed by atoms with Gasteiger partial charge in [0.2, 0.25) is 0 Å². The smallest absolute Gasteiger partial charge is 0.120 e. The number of hydrogen-bond donors (Lipinski definition) is 1. The van der Waals surface area contributed by atoms with Crippen molar-refractivity contribution >= 4 is 17.3 Å². The van der Waals surface area contributed by atoms with Crippen LogP contribution in [0.1, 0.15) is 12.0 Å². The molecule has 2 aromatic rings. The summed E-state index contributed by atoms with van der Waals surface area (Å²) < 4.78 is 5.31. The maximum absolute atomic E-state index is 6.19. The first-order valence-corrected chi connectivity index (χ1v) is 8.47. The lowest BCUT2D eigenvalue weighted by Gasteiger charge is -2.19. The van der Waals surface area contributed by atoms with Crippen LogP contribution in [0.4, 0.5) is 5.69 Å². The van der Waals surface area contributed by atoms with Gasteiger partial charge in [0.15, 0.2) is 0 Å². The van der Waals surface area contributed by atoms with Gasteiger partial charge in [0.1, 0.15) is 5.75 Å². The predicted molar refractivity (Wildman–Crippen MR) is 96.5 cm³/mol. The summed E-state index contributed by atoms with van der Waals surface area (Å²) in [7, 11) is 1.71. The fraction of sp³-hybridized carbons (Fsp3) is 0.368. The zero-order valence-electron chi connectivity index (χ0n) is 13.5. The third-order valence-electron chi connectivity index (χ3n) is 4.41. The summed E-state index contributed by atoms with van der Waals surface area (Å²) in [6.07, 6.45) is 1.22. The van der Waals surface area contributed by atoms with Gasteiger partial charge in [0.05, 0.1) is 7.11 Å². The molecule has 0 radical (unpaired) electrons. The molecule has 1 fully saturated rings. The molecular weight excluding hydrogens is 308 g/mol. The number of methoxy groups -OCH3 is 1. The van der Waals surface area contributed by atoms with Crippen LogP contribution in [0.3, 0.4) is 0 Å². The molecule has 1 N–H and O–H groups in total. The van der Waals surface area contributed by atoms with Crippen LogP contribution in [-0.2, 0) is 6.54 Å². The van der Waals surface area contributed by atoms with E-state index in [1.165, 1.54) is 12.1 Å². The number of nitrogens with zero attached hydrogens (tertiary/aromatic N) is 1. The molecule has 122 valence electrons. The third-order valence-corrected chi connectivity index (χ3v) is 4.78. The van der Waals surface area contributed by atoms with E-state index in [0.29, 0.717) is 5.92 Å².